The highest BCUT2D eigenvalue weighted by Gasteiger charge is 2.30. The molecule has 4 aromatic rings. The first-order chi connectivity index (χ1) is 22.0. The Morgan fingerprint density at radius 1 is 0.804 bits per heavy atom. The van der Waals surface area contributed by atoms with E-state index in [-0.39, 0.29) is 11.4 Å². The summed E-state index contributed by atoms with van der Waals surface area (Å²) >= 11 is 1.19. The van der Waals surface area contributed by atoms with E-state index in [1.54, 1.807) is 79.7 Å². The maximum absolute atomic E-state index is 13.5. The molecule has 0 aliphatic rings. The van der Waals surface area contributed by atoms with Crippen LogP contribution in [0.4, 0.5) is 24.5 Å². The smallest absolute Gasteiger partial charge is 0.416 e. The molecule has 4 rings (SSSR count). The van der Waals surface area contributed by atoms with E-state index in [4.69, 9.17) is 9.47 Å². The SMILES string of the molecule is COc1ccc(OC)c(/C=C(\NC(=O)c2ccccc2)C(=O)Nc2ccc(SC(C)C(=O)Nc3cccc(C(F)(F)F)c3)cc2)c1. The summed E-state index contributed by atoms with van der Waals surface area (Å²) in [5.74, 6) is -0.602. The molecule has 8 nitrogen and oxygen atoms in total. The molecule has 12 heteroatoms. The highest BCUT2D eigenvalue weighted by molar-refractivity contribution is 8.00. The lowest BCUT2D eigenvalue weighted by atomic mass is 10.1. The third-order valence-electron chi connectivity index (χ3n) is 6.52. The Morgan fingerprint density at radius 2 is 1.52 bits per heavy atom. The number of carbonyl (C=O) groups excluding carboxylic acids is 3. The number of methoxy groups -OCH3 is 2. The van der Waals surface area contributed by atoms with Gasteiger partial charge in [0.15, 0.2) is 0 Å². The van der Waals surface area contributed by atoms with Crippen LogP contribution in [-0.4, -0.2) is 37.2 Å². The van der Waals surface area contributed by atoms with Gasteiger partial charge in [0.05, 0.1) is 25.0 Å². The predicted octanol–water partition coefficient (Wildman–Crippen LogP) is 7.25. The molecule has 1 atom stereocenters. The molecule has 46 heavy (non-hydrogen) atoms. The summed E-state index contributed by atoms with van der Waals surface area (Å²) in [7, 11) is 2.99. The van der Waals surface area contributed by atoms with E-state index in [2.05, 4.69) is 16.0 Å². The molecule has 0 saturated heterocycles. The first-order valence-electron chi connectivity index (χ1n) is 13.8. The van der Waals surface area contributed by atoms with Gasteiger partial charge in [0.25, 0.3) is 11.8 Å². The van der Waals surface area contributed by atoms with Gasteiger partial charge in [0.1, 0.15) is 17.2 Å². The predicted molar refractivity (Wildman–Crippen MR) is 172 cm³/mol. The van der Waals surface area contributed by atoms with Crippen molar-refractivity contribution < 1.29 is 37.0 Å². The first-order valence-corrected chi connectivity index (χ1v) is 14.7. The zero-order valence-electron chi connectivity index (χ0n) is 25.0. The molecule has 0 spiro atoms. The number of halogens is 3. The summed E-state index contributed by atoms with van der Waals surface area (Å²) in [5, 5.41) is 7.31. The third kappa shape index (κ3) is 9.14. The van der Waals surface area contributed by atoms with E-state index >= 15 is 0 Å². The fourth-order valence-electron chi connectivity index (χ4n) is 4.14. The zero-order valence-corrected chi connectivity index (χ0v) is 25.8. The summed E-state index contributed by atoms with van der Waals surface area (Å²) in [6, 6.07) is 24.5. The number of rotatable bonds is 11. The Balaban J connectivity index is 1.47. The number of hydrogen-bond donors (Lipinski definition) is 3. The Labute approximate surface area is 268 Å². The molecule has 0 fully saturated rings. The van der Waals surface area contributed by atoms with Gasteiger partial charge < -0.3 is 25.4 Å². The van der Waals surface area contributed by atoms with Gasteiger partial charge in [-0.25, -0.2) is 0 Å². The molecule has 0 heterocycles. The third-order valence-corrected chi connectivity index (χ3v) is 7.63. The fraction of sp³-hybridized carbons (Fsp3) is 0.147. The summed E-state index contributed by atoms with van der Waals surface area (Å²) in [6.45, 7) is 1.63. The second-order valence-corrected chi connectivity index (χ2v) is 11.2. The molecule has 3 amide bonds. The Hall–Kier alpha value is -5.23. The molecule has 0 aromatic heterocycles. The van der Waals surface area contributed by atoms with E-state index in [9.17, 15) is 27.6 Å². The minimum absolute atomic E-state index is 0.0418. The normalized spacial score (nSPS) is 12.1. The summed E-state index contributed by atoms with van der Waals surface area (Å²) in [5.41, 5.74) is 0.381. The average molecular weight is 650 g/mol. The maximum Gasteiger partial charge on any atom is 0.416 e. The second kappa shape index (κ2) is 15.2. The van der Waals surface area contributed by atoms with Crippen LogP contribution in [0.1, 0.15) is 28.4 Å². The Kier molecular flexibility index (Phi) is 11.1. The highest BCUT2D eigenvalue weighted by Crippen LogP contribution is 2.32. The number of thioether (sulfide) groups is 1. The molecule has 0 aliphatic carbocycles. The van der Waals surface area contributed by atoms with Crippen LogP contribution >= 0.6 is 11.8 Å². The number of anilines is 2. The average Bonchev–Trinajstić information content (AvgIpc) is 3.05. The van der Waals surface area contributed by atoms with Crippen LogP contribution in [0.5, 0.6) is 11.5 Å². The molecule has 238 valence electrons. The summed E-state index contributed by atoms with van der Waals surface area (Å²) in [6.07, 6.45) is -3.04. The lowest BCUT2D eigenvalue weighted by molar-refractivity contribution is -0.137. The van der Waals surface area contributed by atoms with Crippen LogP contribution in [-0.2, 0) is 15.8 Å². The van der Waals surface area contributed by atoms with E-state index in [0.717, 1.165) is 12.1 Å². The van der Waals surface area contributed by atoms with Gasteiger partial charge in [0.2, 0.25) is 5.91 Å². The number of alkyl halides is 3. The lowest BCUT2D eigenvalue weighted by Crippen LogP contribution is -2.30. The molecular weight excluding hydrogens is 619 g/mol. The van der Waals surface area contributed by atoms with Gasteiger partial charge in [-0.2, -0.15) is 13.2 Å². The van der Waals surface area contributed by atoms with E-state index in [1.807, 2.05) is 0 Å². The standard InChI is InChI=1S/C34H30F3N3O5S/c1-21(31(41)39-26-11-7-10-24(20-26)34(35,36)37)46-28-15-12-25(13-16-28)38-33(43)29(40-32(42)22-8-5-4-6-9-22)19-23-18-27(44-2)14-17-30(23)45-3/h4-21H,1-3H3,(H,38,43)(H,39,41)(H,40,42)/b29-19-. The highest BCUT2D eigenvalue weighted by atomic mass is 32.2. The molecule has 4 aromatic carbocycles. The number of ether oxygens (including phenoxy) is 2. The molecular formula is C34H30F3N3O5S. The van der Waals surface area contributed by atoms with Crippen LogP contribution in [0.25, 0.3) is 6.08 Å². The summed E-state index contributed by atoms with van der Waals surface area (Å²) in [4.78, 5) is 39.8. The number of benzene rings is 4. The zero-order chi connectivity index (χ0) is 33.3. The molecule has 0 radical (unpaired) electrons. The minimum Gasteiger partial charge on any atom is -0.497 e. The van der Waals surface area contributed by atoms with Crippen molar-refractivity contribution in [2.75, 3.05) is 24.9 Å². The molecule has 1 unspecified atom stereocenters. The van der Waals surface area contributed by atoms with Crippen LogP contribution in [0.3, 0.4) is 0 Å². The molecule has 3 N–H and O–H groups in total. The van der Waals surface area contributed by atoms with Crippen molar-refractivity contribution in [2.45, 2.75) is 23.2 Å². The Bertz CT molecular complexity index is 1730. The van der Waals surface area contributed by atoms with Crippen molar-refractivity contribution in [1.29, 1.82) is 0 Å². The van der Waals surface area contributed by atoms with Gasteiger partial charge in [-0.1, -0.05) is 24.3 Å². The lowest BCUT2D eigenvalue weighted by Gasteiger charge is -2.15. The van der Waals surface area contributed by atoms with Crippen LogP contribution < -0.4 is 25.4 Å². The van der Waals surface area contributed by atoms with Crippen molar-refractivity contribution in [3.63, 3.8) is 0 Å². The van der Waals surface area contributed by atoms with E-state index in [1.165, 1.54) is 44.2 Å². The number of hydrogen-bond acceptors (Lipinski definition) is 6. The Morgan fingerprint density at radius 3 is 2.17 bits per heavy atom. The van der Waals surface area contributed by atoms with Gasteiger partial charge >= 0.3 is 6.18 Å². The number of amides is 3. The summed E-state index contributed by atoms with van der Waals surface area (Å²) < 4.78 is 49.8. The van der Waals surface area contributed by atoms with Crippen molar-refractivity contribution in [3.05, 3.63) is 119 Å². The van der Waals surface area contributed by atoms with E-state index < -0.39 is 34.7 Å². The van der Waals surface area contributed by atoms with E-state index in [0.29, 0.717) is 33.2 Å². The van der Waals surface area contributed by atoms with Gasteiger partial charge in [-0.05, 0) is 85.8 Å². The van der Waals surface area contributed by atoms with Crippen molar-refractivity contribution in [3.8, 4) is 11.5 Å². The van der Waals surface area contributed by atoms with Gasteiger partial charge in [-0.15, -0.1) is 11.8 Å². The quantitative estimate of drug-likeness (QED) is 0.117. The number of carbonyl (C=O) groups is 3. The van der Waals surface area contributed by atoms with Crippen LogP contribution in [0.2, 0.25) is 0 Å². The fourth-order valence-corrected chi connectivity index (χ4v) is 5.01. The molecule has 0 bridgehead atoms. The first kappa shape index (κ1) is 33.7. The largest absolute Gasteiger partial charge is 0.497 e. The van der Waals surface area contributed by atoms with Gasteiger partial charge in [0, 0.05) is 27.4 Å². The molecule has 0 aliphatic heterocycles. The maximum atomic E-state index is 13.5. The topological polar surface area (TPSA) is 106 Å². The van der Waals surface area contributed by atoms with Crippen molar-refractivity contribution >= 4 is 46.9 Å². The second-order valence-electron chi connectivity index (χ2n) is 9.79. The van der Waals surface area contributed by atoms with Crippen LogP contribution in [0, 0.1) is 0 Å². The number of nitrogens with one attached hydrogen (secondary N) is 3. The van der Waals surface area contributed by atoms with Crippen molar-refractivity contribution in [2.24, 2.45) is 0 Å². The molecule has 0 saturated carbocycles. The van der Waals surface area contributed by atoms with Crippen LogP contribution in [0.15, 0.2) is 108 Å². The van der Waals surface area contributed by atoms with Crippen molar-refractivity contribution in [1.82, 2.24) is 5.32 Å². The van der Waals surface area contributed by atoms with Gasteiger partial charge in [-0.3, -0.25) is 14.4 Å². The minimum atomic E-state index is -4.52. The monoisotopic (exact) mass is 649 g/mol.